The molecule has 0 aromatic rings. The quantitative estimate of drug-likeness (QED) is 0.799. The molecule has 1 atom stereocenters. The van der Waals surface area contributed by atoms with E-state index >= 15 is 0 Å². The number of carbonyl (C=O) groups is 2. The highest BCUT2D eigenvalue weighted by atomic mass is 16.6. The number of ether oxygens (including phenoxy) is 1. The minimum atomic E-state index is -0.424. The summed E-state index contributed by atoms with van der Waals surface area (Å²) in [6.45, 7) is 6.54. The number of rotatable bonds is 3. The van der Waals surface area contributed by atoms with Crippen molar-refractivity contribution in [2.24, 2.45) is 11.8 Å². The topological polar surface area (TPSA) is 55.4 Å². The van der Waals surface area contributed by atoms with Crippen molar-refractivity contribution in [3.63, 3.8) is 0 Å². The molecule has 0 aromatic carbocycles. The molecule has 1 amide bonds. The van der Waals surface area contributed by atoms with Crippen LogP contribution >= 0.6 is 0 Å². The van der Waals surface area contributed by atoms with Gasteiger partial charge >= 0.3 is 5.97 Å². The molecule has 1 aliphatic heterocycles. The van der Waals surface area contributed by atoms with Gasteiger partial charge in [0.25, 0.3) is 0 Å². The van der Waals surface area contributed by atoms with Crippen molar-refractivity contribution in [3.05, 3.63) is 0 Å². The second-order valence-corrected chi connectivity index (χ2v) is 6.61. The van der Waals surface area contributed by atoms with Crippen LogP contribution in [0.3, 0.4) is 0 Å². The standard InChI is InChI=1S/C15H25NO3/c1-10(2)11-6-8-15(3,9-7-11)19-14(18)12-4-5-13(17)16-12/h10-12H,4-9H2,1-3H3,(H,16,17). The summed E-state index contributed by atoms with van der Waals surface area (Å²) in [5.74, 6) is 1.15. The maximum Gasteiger partial charge on any atom is 0.329 e. The zero-order valence-corrected chi connectivity index (χ0v) is 12.2. The maximum atomic E-state index is 12.0. The van der Waals surface area contributed by atoms with E-state index in [1.54, 1.807) is 0 Å². The second-order valence-electron chi connectivity index (χ2n) is 6.61. The molecular formula is C15H25NO3. The monoisotopic (exact) mass is 267 g/mol. The Hall–Kier alpha value is -1.06. The van der Waals surface area contributed by atoms with Crippen molar-refractivity contribution in [2.45, 2.75) is 70.9 Å². The van der Waals surface area contributed by atoms with Crippen LogP contribution in [0.25, 0.3) is 0 Å². The third-order valence-corrected chi connectivity index (χ3v) is 4.66. The lowest BCUT2D eigenvalue weighted by Crippen LogP contribution is -2.43. The largest absolute Gasteiger partial charge is 0.458 e. The predicted molar refractivity (Wildman–Crippen MR) is 72.5 cm³/mol. The molecule has 1 saturated carbocycles. The van der Waals surface area contributed by atoms with Gasteiger partial charge in [-0.15, -0.1) is 0 Å². The molecule has 0 radical (unpaired) electrons. The van der Waals surface area contributed by atoms with Gasteiger partial charge in [-0.2, -0.15) is 0 Å². The van der Waals surface area contributed by atoms with Gasteiger partial charge in [0.15, 0.2) is 0 Å². The lowest BCUT2D eigenvalue weighted by atomic mass is 9.75. The van der Waals surface area contributed by atoms with Gasteiger partial charge in [0, 0.05) is 6.42 Å². The first-order chi connectivity index (χ1) is 8.89. The summed E-state index contributed by atoms with van der Waals surface area (Å²) in [4.78, 5) is 23.2. The molecule has 1 N–H and O–H groups in total. The van der Waals surface area contributed by atoms with Crippen LogP contribution in [0.4, 0.5) is 0 Å². The van der Waals surface area contributed by atoms with Gasteiger partial charge in [-0.1, -0.05) is 13.8 Å². The smallest absolute Gasteiger partial charge is 0.329 e. The number of nitrogens with one attached hydrogen (secondary N) is 1. The number of hydrogen-bond donors (Lipinski definition) is 1. The summed E-state index contributed by atoms with van der Waals surface area (Å²) in [7, 11) is 0. The van der Waals surface area contributed by atoms with Crippen LogP contribution in [-0.4, -0.2) is 23.5 Å². The predicted octanol–water partition coefficient (Wildman–Crippen LogP) is 2.41. The van der Waals surface area contributed by atoms with Crippen molar-refractivity contribution in [1.29, 1.82) is 0 Å². The Morgan fingerprint density at radius 1 is 1.32 bits per heavy atom. The average Bonchev–Trinajstić information content (AvgIpc) is 2.76. The highest BCUT2D eigenvalue weighted by molar-refractivity contribution is 5.88. The van der Waals surface area contributed by atoms with Gasteiger partial charge in [-0.3, -0.25) is 4.79 Å². The van der Waals surface area contributed by atoms with Crippen LogP contribution in [0.15, 0.2) is 0 Å². The molecule has 1 unspecified atom stereocenters. The van der Waals surface area contributed by atoms with E-state index in [0.29, 0.717) is 18.8 Å². The number of esters is 1. The van der Waals surface area contributed by atoms with Gasteiger partial charge in [0.2, 0.25) is 5.91 Å². The van der Waals surface area contributed by atoms with Crippen LogP contribution in [0.2, 0.25) is 0 Å². The third-order valence-electron chi connectivity index (χ3n) is 4.66. The minimum Gasteiger partial charge on any atom is -0.458 e. The molecule has 1 heterocycles. The van der Waals surface area contributed by atoms with E-state index in [9.17, 15) is 9.59 Å². The van der Waals surface area contributed by atoms with Crippen molar-refractivity contribution >= 4 is 11.9 Å². The fourth-order valence-electron chi connectivity index (χ4n) is 3.12. The summed E-state index contributed by atoms with van der Waals surface area (Å²) in [5, 5.41) is 2.67. The van der Waals surface area contributed by atoms with Crippen LogP contribution in [0.1, 0.15) is 59.3 Å². The molecule has 0 bridgehead atoms. The first-order valence-electron chi connectivity index (χ1n) is 7.42. The Labute approximate surface area is 115 Å². The zero-order chi connectivity index (χ0) is 14.0. The molecular weight excluding hydrogens is 242 g/mol. The van der Waals surface area contributed by atoms with Gasteiger partial charge in [0.05, 0.1) is 0 Å². The fourth-order valence-corrected chi connectivity index (χ4v) is 3.12. The molecule has 0 spiro atoms. The SMILES string of the molecule is CC(C)C1CCC(C)(OC(=O)C2CCC(=O)N2)CC1. The zero-order valence-electron chi connectivity index (χ0n) is 12.2. The van der Waals surface area contributed by atoms with Crippen molar-refractivity contribution in [2.75, 3.05) is 0 Å². The van der Waals surface area contributed by atoms with Gasteiger partial charge in [-0.05, 0) is 50.9 Å². The van der Waals surface area contributed by atoms with E-state index in [0.717, 1.165) is 31.6 Å². The Morgan fingerprint density at radius 2 is 1.95 bits per heavy atom. The first-order valence-corrected chi connectivity index (χ1v) is 7.42. The molecule has 2 aliphatic rings. The molecule has 2 rings (SSSR count). The molecule has 4 nitrogen and oxygen atoms in total. The van der Waals surface area contributed by atoms with Gasteiger partial charge in [0.1, 0.15) is 11.6 Å². The van der Waals surface area contributed by atoms with Crippen molar-refractivity contribution < 1.29 is 14.3 Å². The van der Waals surface area contributed by atoms with Crippen molar-refractivity contribution in [3.8, 4) is 0 Å². The van der Waals surface area contributed by atoms with Crippen LogP contribution in [0.5, 0.6) is 0 Å². The van der Waals surface area contributed by atoms with E-state index in [2.05, 4.69) is 19.2 Å². The maximum absolute atomic E-state index is 12.0. The Morgan fingerprint density at radius 3 is 2.42 bits per heavy atom. The average molecular weight is 267 g/mol. The highest BCUT2D eigenvalue weighted by Crippen LogP contribution is 2.38. The normalized spacial score (nSPS) is 35.3. The Balaban J connectivity index is 1.85. The summed E-state index contributed by atoms with van der Waals surface area (Å²) in [5.41, 5.74) is -0.338. The second kappa shape index (κ2) is 5.51. The Bertz CT molecular complexity index is 356. The van der Waals surface area contributed by atoms with Crippen LogP contribution < -0.4 is 5.32 Å². The first kappa shape index (κ1) is 14.4. The number of amides is 1. The molecule has 19 heavy (non-hydrogen) atoms. The van der Waals surface area contributed by atoms with Crippen LogP contribution in [-0.2, 0) is 14.3 Å². The lowest BCUT2D eigenvalue weighted by Gasteiger charge is -2.38. The summed E-state index contributed by atoms with van der Waals surface area (Å²) in [6.07, 6.45) is 5.12. The van der Waals surface area contributed by atoms with Crippen molar-refractivity contribution in [1.82, 2.24) is 5.32 Å². The van der Waals surface area contributed by atoms with Gasteiger partial charge < -0.3 is 10.1 Å². The number of hydrogen-bond acceptors (Lipinski definition) is 3. The van der Waals surface area contributed by atoms with E-state index in [1.165, 1.54) is 0 Å². The molecule has 4 heteroatoms. The van der Waals surface area contributed by atoms with E-state index in [1.807, 2.05) is 6.92 Å². The fraction of sp³-hybridized carbons (Fsp3) is 0.867. The van der Waals surface area contributed by atoms with E-state index in [-0.39, 0.29) is 17.5 Å². The van der Waals surface area contributed by atoms with E-state index < -0.39 is 6.04 Å². The summed E-state index contributed by atoms with van der Waals surface area (Å²) >= 11 is 0. The number of carbonyl (C=O) groups excluding carboxylic acids is 2. The minimum absolute atomic E-state index is 0.0457. The molecule has 1 saturated heterocycles. The summed E-state index contributed by atoms with van der Waals surface area (Å²) in [6, 6.07) is -0.424. The molecule has 108 valence electrons. The molecule has 1 aliphatic carbocycles. The molecule has 0 aromatic heterocycles. The highest BCUT2D eigenvalue weighted by Gasteiger charge is 2.38. The lowest BCUT2D eigenvalue weighted by molar-refractivity contribution is -0.165. The van der Waals surface area contributed by atoms with Crippen LogP contribution in [0, 0.1) is 11.8 Å². The van der Waals surface area contributed by atoms with Gasteiger partial charge in [-0.25, -0.2) is 4.79 Å². The Kier molecular flexibility index (Phi) is 4.16. The summed E-state index contributed by atoms with van der Waals surface area (Å²) < 4.78 is 5.69. The van der Waals surface area contributed by atoms with E-state index in [4.69, 9.17) is 4.74 Å². The third kappa shape index (κ3) is 3.48. The molecule has 2 fully saturated rings.